The third kappa shape index (κ3) is 3.84. The van der Waals surface area contributed by atoms with Gasteiger partial charge < -0.3 is 13.8 Å². The van der Waals surface area contributed by atoms with Crippen LogP contribution in [-0.2, 0) is 8.85 Å². The highest BCUT2D eigenvalue weighted by atomic mass is 28.4. The molecule has 20 heavy (non-hydrogen) atoms. The average molecular weight is 295 g/mol. The predicted octanol–water partition coefficient (Wildman–Crippen LogP) is 3.27. The number of rotatable bonds is 9. The summed E-state index contributed by atoms with van der Waals surface area (Å²) in [6.07, 6.45) is 2.31. The molecule has 0 aliphatic rings. The summed E-state index contributed by atoms with van der Waals surface area (Å²) in [4.78, 5) is 2.35. The average Bonchev–Trinajstić information content (AvgIpc) is 2.51. The lowest BCUT2D eigenvalue weighted by Gasteiger charge is -2.28. The standard InChI is InChI=1S/C16H29NO2Si/c1-6-9-14-20(18-4,19-5)16-12-10-15(11-13-16)17(7-2)8-3/h10-13H,6-9,14H2,1-5H3. The highest BCUT2D eigenvalue weighted by molar-refractivity contribution is 6.81. The fourth-order valence-corrected chi connectivity index (χ4v) is 5.42. The molecular weight excluding hydrogens is 266 g/mol. The van der Waals surface area contributed by atoms with Gasteiger partial charge in [0.25, 0.3) is 0 Å². The summed E-state index contributed by atoms with van der Waals surface area (Å²) in [7, 11) is 1.33. The van der Waals surface area contributed by atoms with E-state index in [1.807, 2.05) is 0 Å². The SMILES string of the molecule is CCCC[Si](OC)(OC)c1ccc(N(CC)CC)cc1. The van der Waals surface area contributed by atoms with E-state index >= 15 is 0 Å². The number of nitrogens with zero attached hydrogens (tertiary/aromatic N) is 1. The maximum absolute atomic E-state index is 5.83. The van der Waals surface area contributed by atoms with Crippen molar-refractivity contribution in [1.82, 2.24) is 0 Å². The van der Waals surface area contributed by atoms with E-state index in [9.17, 15) is 0 Å². The highest BCUT2D eigenvalue weighted by Crippen LogP contribution is 2.19. The molecule has 1 aromatic rings. The molecule has 114 valence electrons. The van der Waals surface area contributed by atoms with Crippen molar-refractivity contribution in [1.29, 1.82) is 0 Å². The van der Waals surface area contributed by atoms with E-state index in [0.717, 1.165) is 25.6 Å². The van der Waals surface area contributed by atoms with Crippen LogP contribution in [0.4, 0.5) is 5.69 Å². The van der Waals surface area contributed by atoms with E-state index in [0.29, 0.717) is 0 Å². The van der Waals surface area contributed by atoms with Crippen molar-refractivity contribution in [2.45, 2.75) is 39.7 Å². The van der Waals surface area contributed by atoms with Gasteiger partial charge >= 0.3 is 8.56 Å². The Morgan fingerprint density at radius 1 is 0.950 bits per heavy atom. The molecule has 0 bridgehead atoms. The molecule has 0 fully saturated rings. The Labute approximate surface area is 125 Å². The van der Waals surface area contributed by atoms with Gasteiger partial charge in [0.15, 0.2) is 0 Å². The van der Waals surface area contributed by atoms with Gasteiger partial charge in [-0.1, -0.05) is 31.9 Å². The molecule has 0 aliphatic heterocycles. The monoisotopic (exact) mass is 295 g/mol. The number of benzene rings is 1. The van der Waals surface area contributed by atoms with Crippen LogP contribution in [0.2, 0.25) is 6.04 Å². The summed E-state index contributed by atoms with van der Waals surface area (Å²) in [6, 6.07) is 9.76. The first-order chi connectivity index (χ1) is 9.67. The van der Waals surface area contributed by atoms with Crippen LogP contribution in [0.1, 0.15) is 33.6 Å². The summed E-state index contributed by atoms with van der Waals surface area (Å²) in [5.41, 5.74) is 1.27. The van der Waals surface area contributed by atoms with Gasteiger partial charge in [0.1, 0.15) is 0 Å². The molecule has 0 atom stereocenters. The van der Waals surface area contributed by atoms with E-state index in [4.69, 9.17) is 8.85 Å². The molecule has 0 unspecified atom stereocenters. The van der Waals surface area contributed by atoms with Gasteiger partial charge in [-0.2, -0.15) is 0 Å². The molecule has 1 aromatic carbocycles. The van der Waals surface area contributed by atoms with Crippen LogP contribution in [0, 0.1) is 0 Å². The fraction of sp³-hybridized carbons (Fsp3) is 0.625. The largest absolute Gasteiger partial charge is 0.394 e. The Kier molecular flexibility index (Phi) is 7.27. The second-order valence-electron chi connectivity index (χ2n) is 4.98. The molecule has 0 heterocycles. The molecule has 3 nitrogen and oxygen atoms in total. The topological polar surface area (TPSA) is 21.7 Å². The minimum Gasteiger partial charge on any atom is -0.394 e. The Morgan fingerprint density at radius 2 is 1.50 bits per heavy atom. The number of anilines is 1. The van der Waals surface area contributed by atoms with Crippen molar-refractivity contribution in [2.24, 2.45) is 0 Å². The molecule has 0 spiro atoms. The summed E-state index contributed by atoms with van der Waals surface area (Å²) in [5.74, 6) is 0. The third-order valence-electron chi connectivity index (χ3n) is 3.95. The van der Waals surface area contributed by atoms with E-state index in [2.05, 4.69) is 49.9 Å². The molecule has 1 rings (SSSR count). The minimum atomic E-state index is -2.24. The number of unbranched alkanes of at least 4 members (excludes halogenated alkanes) is 1. The normalized spacial score (nSPS) is 11.7. The molecule has 0 saturated carbocycles. The smallest absolute Gasteiger partial charge is 0.371 e. The van der Waals surface area contributed by atoms with E-state index in [-0.39, 0.29) is 0 Å². The maximum atomic E-state index is 5.83. The van der Waals surface area contributed by atoms with Gasteiger partial charge in [-0.3, -0.25) is 0 Å². The van der Waals surface area contributed by atoms with Crippen molar-refractivity contribution < 1.29 is 8.85 Å². The lowest BCUT2D eigenvalue weighted by atomic mass is 10.3. The quantitative estimate of drug-likeness (QED) is 0.653. The van der Waals surface area contributed by atoms with Crippen LogP contribution in [0.3, 0.4) is 0 Å². The van der Waals surface area contributed by atoms with Gasteiger partial charge in [0.05, 0.1) is 0 Å². The van der Waals surface area contributed by atoms with E-state index in [1.54, 1.807) is 14.2 Å². The summed E-state index contributed by atoms with van der Waals surface area (Å²) >= 11 is 0. The Morgan fingerprint density at radius 3 is 1.90 bits per heavy atom. The van der Waals surface area contributed by atoms with Crippen LogP contribution in [-0.4, -0.2) is 35.9 Å². The first-order valence-electron chi connectivity index (χ1n) is 7.63. The fourth-order valence-electron chi connectivity index (χ4n) is 2.59. The molecule has 0 aromatic heterocycles. The first-order valence-corrected chi connectivity index (χ1v) is 9.65. The third-order valence-corrected chi connectivity index (χ3v) is 7.50. The lowest BCUT2D eigenvalue weighted by molar-refractivity contribution is 0.256. The molecule has 4 heteroatoms. The second kappa shape index (κ2) is 8.45. The van der Waals surface area contributed by atoms with Gasteiger partial charge in [-0.05, 0) is 37.2 Å². The lowest BCUT2D eigenvalue weighted by Crippen LogP contribution is -2.52. The van der Waals surface area contributed by atoms with Crippen LogP contribution < -0.4 is 10.1 Å². The molecule has 0 amide bonds. The van der Waals surface area contributed by atoms with Crippen molar-refractivity contribution in [3.05, 3.63) is 24.3 Å². The van der Waals surface area contributed by atoms with Crippen molar-refractivity contribution in [2.75, 3.05) is 32.2 Å². The van der Waals surface area contributed by atoms with Crippen LogP contribution in [0.5, 0.6) is 0 Å². The Balaban J connectivity index is 2.98. The zero-order valence-corrected chi connectivity index (χ0v) is 14.6. The Hall–Kier alpha value is -0.843. The van der Waals surface area contributed by atoms with Crippen molar-refractivity contribution in [3.8, 4) is 0 Å². The van der Waals surface area contributed by atoms with Gasteiger partial charge in [-0.25, -0.2) is 0 Å². The molecular formula is C16H29NO2Si. The zero-order valence-electron chi connectivity index (χ0n) is 13.6. The molecule has 0 aliphatic carbocycles. The zero-order chi connectivity index (χ0) is 15.0. The first kappa shape index (κ1) is 17.2. The van der Waals surface area contributed by atoms with E-state index in [1.165, 1.54) is 17.3 Å². The van der Waals surface area contributed by atoms with Crippen molar-refractivity contribution in [3.63, 3.8) is 0 Å². The number of hydrogen-bond acceptors (Lipinski definition) is 3. The molecule has 0 N–H and O–H groups in total. The molecule has 0 radical (unpaired) electrons. The molecule has 0 saturated heterocycles. The van der Waals surface area contributed by atoms with E-state index < -0.39 is 8.56 Å². The Bertz CT molecular complexity index is 373. The minimum absolute atomic E-state index is 1.01. The predicted molar refractivity (Wildman–Crippen MR) is 89.1 cm³/mol. The highest BCUT2D eigenvalue weighted by Gasteiger charge is 2.37. The van der Waals surface area contributed by atoms with Gasteiger partial charge in [0, 0.05) is 33.0 Å². The maximum Gasteiger partial charge on any atom is 0.371 e. The van der Waals surface area contributed by atoms with Gasteiger partial charge in [0.2, 0.25) is 0 Å². The van der Waals surface area contributed by atoms with Gasteiger partial charge in [-0.15, -0.1) is 0 Å². The van der Waals surface area contributed by atoms with Crippen LogP contribution >= 0.6 is 0 Å². The van der Waals surface area contributed by atoms with Crippen LogP contribution in [0.15, 0.2) is 24.3 Å². The second-order valence-corrected chi connectivity index (χ2v) is 8.38. The number of hydrogen-bond donors (Lipinski definition) is 0. The summed E-state index contributed by atoms with van der Waals surface area (Å²) < 4.78 is 11.7. The van der Waals surface area contributed by atoms with Crippen LogP contribution in [0.25, 0.3) is 0 Å². The summed E-state index contributed by atoms with van der Waals surface area (Å²) in [5, 5.41) is 1.23. The summed E-state index contributed by atoms with van der Waals surface area (Å²) in [6.45, 7) is 8.63. The van der Waals surface area contributed by atoms with Crippen molar-refractivity contribution >= 4 is 19.4 Å².